The third-order valence-electron chi connectivity index (χ3n) is 3.69. The molecule has 0 aliphatic rings. The molecule has 1 aromatic carbocycles. The fraction of sp³-hybridized carbons (Fsp3) is 0.550. The summed E-state index contributed by atoms with van der Waals surface area (Å²) >= 11 is 0. The predicted molar refractivity (Wildman–Crippen MR) is 104 cm³/mol. The van der Waals surface area contributed by atoms with E-state index in [0.717, 1.165) is 47.8 Å². The molecule has 0 atom stereocenters. The summed E-state index contributed by atoms with van der Waals surface area (Å²) in [7, 11) is 3.64. The normalized spacial score (nSPS) is 12.0. The van der Waals surface area contributed by atoms with Gasteiger partial charge in [0.25, 0.3) is 0 Å². The maximum absolute atomic E-state index is 6.00. The van der Waals surface area contributed by atoms with Gasteiger partial charge in [0.05, 0.1) is 12.3 Å². The van der Waals surface area contributed by atoms with Crippen LogP contribution >= 0.6 is 0 Å². The molecule has 0 bridgehead atoms. The highest BCUT2D eigenvalue weighted by Gasteiger charge is 2.08. The highest BCUT2D eigenvalue weighted by molar-refractivity contribution is 5.83. The molecule has 0 heterocycles. The van der Waals surface area contributed by atoms with E-state index in [1.807, 2.05) is 38.1 Å². The van der Waals surface area contributed by atoms with Crippen LogP contribution in [0.25, 0.3) is 0 Å². The molecule has 25 heavy (non-hydrogen) atoms. The number of hydrogen-bond donors (Lipinski definition) is 0. The molecule has 1 rings (SSSR count). The molecular weight excluding hydrogens is 316 g/mol. The van der Waals surface area contributed by atoms with Crippen molar-refractivity contribution in [1.82, 2.24) is 4.90 Å². The first-order valence-electron chi connectivity index (χ1n) is 8.71. The Hall–Kier alpha value is -2.01. The molecule has 0 aromatic heterocycles. The molecule has 0 unspecified atom stereocenters. The number of nitrogens with zero attached hydrogens (tertiary/aromatic N) is 2. The highest BCUT2D eigenvalue weighted by Crippen LogP contribution is 2.28. The zero-order valence-electron chi connectivity index (χ0n) is 16.5. The maximum Gasteiger partial charge on any atom is 0.125 e. The lowest BCUT2D eigenvalue weighted by Crippen LogP contribution is -2.26. The minimum Gasteiger partial charge on any atom is -0.493 e. The van der Waals surface area contributed by atoms with E-state index in [-0.39, 0.29) is 0 Å². The molecule has 140 valence electrons. The van der Waals surface area contributed by atoms with Gasteiger partial charge in [-0.1, -0.05) is 17.3 Å². The van der Waals surface area contributed by atoms with Gasteiger partial charge in [-0.3, -0.25) is 0 Å². The van der Waals surface area contributed by atoms with Crippen LogP contribution in [-0.4, -0.2) is 51.1 Å². The Morgan fingerprint density at radius 2 is 1.88 bits per heavy atom. The van der Waals surface area contributed by atoms with Crippen molar-refractivity contribution < 1.29 is 14.3 Å². The van der Waals surface area contributed by atoms with Gasteiger partial charge in [-0.05, 0) is 64.4 Å². The lowest BCUT2D eigenvalue weighted by molar-refractivity contribution is 0.210. The smallest absolute Gasteiger partial charge is 0.125 e. The van der Waals surface area contributed by atoms with Crippen molar-refractivity contribution >= 4 is 5.71 Å². The van der Waals surface area contributed by atoms with Crippen molar-refractivity contribution in [2.75, 3.05) is 40.5 Å². The van der Waals surface area contributed by atoms with Crippen LogP contribution in [0, 0.1) is 13.8 Å². The summed E-state index contributed by atoms with van der Waals surface area (Å²) in [4.78, 5) is 6.98. The number of rotatable bonds is 11. The average Bonchev–Trinajstić information content (AvgIpc) is 2.53. The minimum absolute atomic E-state index is 0.591. The number of allylic oxidation sites excluding steroid dienone is 1. The lowest BCUT2D eigenvalue weighted by Gasteiger charge is -2.17. The van der Waals surface area contributed by atoms with E-state index in [0.29, 0.717) is 13.2 Å². The van der Waals surface area contributed by atoms with Crippen molar-refractivity contribution in [1.29, 1.82) is 0 Å². The standard InChI is InChI=1S/C20H32N2O3/c1-7-8-11-24-19-13-16(2)20(17(3)14-19)25-12-9-10-22(5)15-18(4)21-23-6/h7-8,13-14H,9-12,15H2,1-6H3/b8-7+,21-18?. The van der Waals surface area contributed by atoms with Gasteiger partial charge < -0.3 is 19.2 Å². The Labute approximate surface area is 152 Å². The summed E-state index contributed by atoms with van der Waals surface area (Å²) in [6, 6.07) is 4.06. The molecule has 0 aliphatic heterocycles. The van der Waals surface area contributed by atoms with Crippen LogP contribution in [0.5, 0.6) is 11.5 Å². The van der Waals surface area contributed by atoms with Gasteiger partial charge in [-0.15, -0.1) is 0 Å². The van der Waals surface area contributed by atoms with Gasteiger partial charge in [0.2, 0.25) is 0 Å². The second-order valence-corrected chi connectivity index (χ2v) is 6.22. The molecule has 0 radical (unpaired) electrons. The van der Waals surface area contributed by atoms with Crippen LogP contribution in [-0.2, 0) is 4.84 Å². The summed E-state index contributed by atoms with van der Waals surface area (Å²) in [6.07, 6.45) is 4.93. The van der Waals surface area contributed by atoms with Crippen LogP contribution in [0.4, 0.5) is 0 Å². The zero-order valence-corrected chi connectivity index (χ0v) is 16.5. The molecule has 0 spiro atoms. The first kappa shape index (κ1) is 21.0. The highest BCUT2D eigenvalue weighted by atomic mass is 16.6. The minimum atomic E-state index is 0.591. The first-order chi connectivity index (χ1) is 12.0. The SMILES string of the molecule is C/C=C/COc1cc(C)c(OCCCN(C)CC(C)=NOC)c(C)c1. The molecule has 0 N–H and O–H groups in total. The van der Waals surface area contributed by atoms with Crippen LogP contribution in [0.2, 0.25) is 0 Å². The Bertz CT molecular complexity index is 559. The Kier molecular flexibility index (Phi) is 9.70. The van der Waals surface area contributed by atoms with E-state index < -0.39 is 0 Å². The summed E-state index contributed by atoms with van der Waals surface area (Å²) in [5.41, 5.74) is 3.17. The number of benzene rings is 1. The molecule has 5 nitrogen and oxygen atoms in total. The Morgan fingerprint density at radius 1 is 1.20 bits per heavy atom. The number of hydrogen-bond acceptors (Lipinski definition) is 5. The van der Waals surface area contributed by atoms with Crippen molar-refractivity contribution in [3.63, 3.8) is 0 Å². The summed E-state index contributed by atoms with van der Waals surface area (Å²) in [6.45, 7) is 11.1. The number of oxime groups is 1. The van der Waals surface area contributed by atoms with Crippen LogP contribution in [0.15, 0.2) is 29.4 Å². The average molecular weight is 348 g/mol. The largest absolute Gasteiger partial charge is 0.493 e. The predicted octanol–water partition coefficient (Wildman–Crippen LogP) is 3.98. The van der Waals surface area contributed by atoms with E-state index in [1.54, 1.807) is 7.11 Å². The number of aryl methyl sites for hydroxylation is 2. The second kappa shape index (κ2) is 11.5. The molecule has 5 heteroatoms. The van der Waals surface area contributed by atoms with Crippen molar-refractivity contribution in [3.05, 3.63) is 35.4 Å². The Morgan fingerprint density at radius 3 is 2.48 bits per heavy atom. The third kappa shape index (κ3) is 8.07. The fourth-order valence-electron chi connectivity index (χ4n) is 2.63. The van der Waals surface area contributed by atoms with E-state index in [1.165, 1.54) is 0 Å². The molecule has 0 fully saturated rings. The second-order valence-electron chi connectivity index (χ2n) is 6.22. The van der Waals surface area contributed by atoms with Crippen LogP contribution < -0.4 is 9.47 Å². The first-order valence-corrected chi connectivity index (χ1v) is 8.71. The topological polar surface area (TPSA) is 43.3 Å². The lowest BCUT2D eigenvalue weighted by atomic mass is 10.1. The summed E-state index contributed by atoms with van der Waals surface area (Å²) in [5.74, 6) is 1.84. The molecule has 0 amide bonds. The van der Waals surface area contributed by atoms with Gasteiger partial charge in [0.1, 0.15) is 25.2 Å². The molecule has 0 aliphatic carbocycles. The monoisotopic (exact) mass is 348 g/mol. The van der Waals surface area contributed by atoms with Gasteiger partial charge >= 0.3 is 0 Å². The van der Waals surface area contributed by atoms with Gasteiger partial charge in [-0.25, -0.2) is 0 Å². The number of ether oxygens (including phenoxy) is 2. The quantitative estimate of drug-likeness (QED) is 0.263. The summed E-state index contributed by atoms with van der Waals surface area (Å²) < 4.78 is 11.7. The molecule has 1 aromatic rings. The van der Waals surface area contributed by atoms with Crippen LogP contribution in [0.1, 0.15) is 31.4 Å². The van der Waals surface area contributed by atoms with Crippen molar-refractivity contribution in [3.8, 4) is 11.5 Å². The third-order valence-corrected chi connectivity index (χ3v) is 3.69. The van der Waals surface area contributed by atoms with E-state index in [9.17, 15) is 0 Å². The van der Waals surface area contributed by atoms with Crippen LogP contribution in [0.3, 0.4) is 0 Å². The van der Waals surface area contributed by atoms with Crippen molar-refractivity contribution in [2.45, 2.75) is 34.1 Å². The van der Waals surface area contributed by atoms with Gasteiger partial charge in [0.15, 0.2) is 0 Å². The van der Waals surface area contributed by atoms with E-state index in [4.69, 9.17) is 14.3 Å². The van der Waals surface area contributed by atoms with Crippen molar-refractivity contribution in [2.24, 2.45) is 5.16 Å². The summed E-state index contributed by atoms with van der Waals surface area (Å²) in [5, 5.41) is 3.93. The maximum atomic E-state index is 6.00. The van der Waals surface area contributed by atoms with Gasteiger partial charge in [-0.2, -0.15) is 0 Å². The molecular formula is C20H32N2O3. The van der Waals surface area contributed by atoms with E-state index in [2.05, 4.69) is 31.0 Å². The zero-order chi connectivity index (χ0) is 18.7. The van der Waals surface area contributed by atoms with Gasteiger partial charge in [0, 0.05) is 13.1 Å². The fourth-order valence-corrected chi connectivity index (χ4v) is 2.63. The molecule has 0 saturated carbocycles. The van der Waals surface area contributed by atoms with E-state index >= 15 is 0 Å². The molecule has 0 saturated heterocycles. The Balaban J connectivity index is 2.45.